The lowest BCUT2D eigenvalue weighted by Gasteiger charge is -2.07. The number of fused-ring (bicyclic) bond motifs is 1. The molecule has 5 rings (SSSR count). The second-order valence-corrected chi connectivity index (χ2v) is 8.65. The van der Waals surface area contributed by atoms with Gasteiger partial charge in [-0.25, -0.2) is 4.68 Å². The van der Waals surface area contributed by atoms with E-state index in [0.717, 1.165) is 15.9 Å². The quantitative estimate of drug-likeness (QED) is 0.366. The molecule has 0 saturated carbocycles. The van der Waals surface area contributed by atoms with Crippen LogP contribution in [-0.2, 0) is 13.2 Å². The zero-order valence-corrected chi connectivity index (χ0v) is 19.8. The Labute approximate surface area is 199 Å². The van der Waals surface area contributed by atoms with E-state index in [9.17, 15) is 4.79 Å². The largest absolute Gasteiger partial charge is 0.304 e. The molecule has 0 saturated heterocycles. The lowest BCUT2D eigenvalue weighted by Crippen LogP contribution is -2.16. The van der Waals surface area contributed by atoms with Crippen LogP contribution in [-0.4, -0.2) is 35.2 Å². The summed E-state index contributed by atoms with van der Waals surface area (Å²) < 4.78 is 6.31. The highest BCUT2D eigenvalue weighted by Gasteiger charge is 2.14. The van der Waals surface area contributed by atoms with E-state index in [2.05, 4.69) is 60.8 Å². The SMILES string of the molecule is Cc1nn(Cn2ccc(C(=O)Nc3ccn(Cc4cccc5ccccc45)n3)n2)c(C)c1Br. The molecule has 0 unspecified atom stereocenters. The minimum Gasteiger partial charge on any atom is -0.304 e. The summed E-state index contributed by atoms with van der Waals surface area (Å²) in [5, 5.41) is 18.6. The molecule has 8 nitrogen and oxygen atoms in total. The van der Waals surface area contributed by atoms with Gasteiger partial charge in [-0.3, -0.25) is 14.2 Å². The van der Waals surface area contributed by atoms with Crippen molar-refractivity contribution >= 4 is 38.4 Å². The van der Waals surface area contributed by atoms with Gasteiger partial charge in [0.25, 0.3) is 5.91 Å². The van der Waals surface area contributed by atoms with E-state index >= 15 is 0 Å². The summed E-state index contributed by atoms with van der Waals surface area (Å²) in [7, 11) is 0. The minimum absolute atomic E-state index is 0.307. The molecule has 9 heteroatoms. The Balaban J connectivity index is 1.26. The smallest absolute Gasteiger partial charge is 0.277 e. The fourth-order valence-corrected chi connectivity index (χ4v) is 4.10. The van der Waals surface area contributed by atoms with E-state index in [1.807, 2.05) is 47.6 Å². The van der Waals surface area contributed by atoms with Gasteiger partial charge in [0.2, 0.25) is 0 Å². The van der Waals surface area contributed by atoms with E-state index in [0.29, 0.717) is 24.7 Å². The number of nitrogens with one attached hydrogen (secondary N) is 1. The Morgan fingerprint density at radius 1 is 0.939 bits per heavy atom. The van der Waals surface area contributed by atoms with Crippen molar-refractivity contribution in [1.29, 1.82) is 0 Å². The second kappa shape index (κ2) is 8.67. The van der Waals surface area contributed by atoms with Gasteiger partial charge in [0.1, 0.15) is 6.67 Å². The van der Waals surface area contributed by atoms with Gasteiger partial charge >= 0.3 is 0 Å². The first kappa shape index (κ1) is 21.1. The summed E-state index contributed by atoms with van der Waals surface area (Å²) in [6, 6.07) is 18.0. The summed E-state index contributed by atoms with van der Waals surface area (Å²) in [4.78, 5) is 12.7. The molecular formula is C24H22BrN7O. The summed E-state index contributed by atoms with van der Waals surface area (Å²) in [6.07, 6.45) is 3.62. The molecule has 0 fully saturated rings. The van der Waals surface area contributed by atoms with Gasteiger partial charge in [-0.15, -0.1) is 0 Å². The molecule has 1 amide bonds. The van der Waals surface area contributed by atoms with Crippen LogP contribution < -0.4 is 5.32 Å². The van der Waals surface area contributed by atoms with Crippen LogP contribution in [0, 0.1) is 13.8 Å². The molecule has 1 N–H and O–H groups in total. The number of aromatic nitrogens is 6. The fourth-order valence-electron chi connectivity index (χ4n) is 3.81. The molecule has 0 radical (unpaired) electrons. The number of carbonyl (C=O) groups is 1. The normalized spacial score (nSPS) is 11.2. The van der Waals surface area contributed by atoms with Crippen LogP contribution in [0.5, 0.6) is 0 Å². The Bertz CT molecular complexity index is 1460. The highest BCUT2D eigenvalue weighted by molar-refractivity contribution is 9.10. The number of nitrogens with zero attached hydrogens (tertiary/aromatic N) is 6. The van der Waals surface area contributed by atoms with Crippen molar-refractivity contribution in [3.8, 4) is 0 Å². The maximum Gasteiger partial charge on any atom is 0.277 e. The fraction of sp³-hybridized carbons (Fsp3) is 0.167. The van der Waals surface area contributed by atoms with Crippen LogP contribution in [0.4, 0.5) is 5.82 Å². The zero-order chi connectivity index (χ0) is 22.9. The summed E-state index contributed by atoms with van der Waals surface area (Å²) in [5.41, 5.74) is 3.41. The predicted molar refractivity (Wildman–Crippen MR) is 130 cm³/mol. The minimum atomic E-state index is -0.307. The summed E-state index contributed by atoms with van der Waals surface area (Å²) in [5.74, 6) is 0.177. The number of hydrogen-bond donors (Lipinski definition) is 1. The maximum absolute atomic E-state index is 12.7. The molecule has 0 spiro atoms. The molecule has 166 valence electrons. The monoisotopic (exact) mass is 503 g/mol. The first-order chi connectivity index (χ1) is 16.0. The number of hydrogen-bond acceptors (Lipinski definition) is 4. The van der Waals surface area contributed by atoms with E-state index in [4.69, 9.17) is 0 Å². The molecular weight excluding hydrogens is 482 g/mol. The van der Waals surface area contributed by atoms with Crippen LogP contribution >= 0.6 is 15.9 Å². The first-order valence-corrected chi connectivity index (χ1v) is 11.3. The van der Waals surface area contributed by atoms with Crippen LogP contribution in [0.15, 0.2) is 71.5 Å². The topological polar surface area (TPSA) is 82.6 Å². The van der Waals surface area contributed by atoms with Crippen molar-refractivity contribution in [2.45, 2.75) is 27.1 Å². The molecule has 0 aliphatic carbocycles. The van der Waals surface area contributed by atoms with Crippen molar-refractivity contribution in [2.24, 2.45) is 0 Å². The van der Waals surface area contributed by atoms with Crippen molar-refractivity contribution in [3.63, 3.8) is 0 Å². The van der Waals surface area contributed by atoms with Gasteiger partial charge in [0, 0.05) is 18.5 Å². The molecule has 2 aromatic carbocycles. The Hall–Kier alpha value is -3.72. The van der Waals surface area contributed by atoms with Gasteiger partial charge in [-0.1, -0.05) is 42.5 Å². The Kier molecular flexibility index (Phi) is 5.55. The van der Waals surface area contributed by atoms with E-state index in [-0.39, 0.29) is 5.91 Å². The zero-order valence-electron chi connectivity index (χ0n) is 18.2. The average Bonchev–Trinajstić information content (AvgIpc) is 3.52. The highest BCUT2D eigenvalue weighted by atomic mass is 79.9. The van der Waals surface area contributed by atoms with Crippen molar-refractivity contribution in [2.75, 3.05) is 5.32 Å². The third kappa shape index (κ3) is 4.31. The molecule has 5 aromatic rings. The third-order valence-corrected chi connectivity index (χ3v) is 6.69. The molecule has 0 aliphatic heterocycles. The molecule has 3 heterocycles. The van der Waals surface area contributed by atoms with Gasteiger partial charge in [-0.2, -0.15) is 15.3 Å². The Morgan fingerprint density at radius 2 is 1.73 bits per heavy atom. The van der Waals surface area contributed by atoms with Crippen LogP contribution in [0.3, 0.4) is 0 Å². The lowest BCUT2D eigenvalue weighted by atomic mass is 10.0. The van der Waals surface area contributed by atoms with Crippen molar-refractivity contribution in [1.82, 2.24) is 29.3 Å². The number of anilines is 1. The van der Waals surface area contributed by atoms with Gasteiger partial charge in [-0.05, 0) is 52.2 Å². The number of benzene rings is 2. The molecule has 0 atom stereocenters. The third-order valence-electron chi connectivity index (χ3n) is 5.54. The molecule has 3 aromatic heterocycles. The van der Waals surface area contributed by atoms with Gasteiger partial charge < -0.3 is 5.32 Å². The van der Waals surface area contributed by atoms with Crippen molar-refractivity contribution in [3.05, 3.63) is 94.1 Å². The van der Waals surface area contributed by atoms with Crippen molar-refractivity contribution < 1.29 is 4.79 Å². The molecule has 0 aliphatic rings. The van der Waals surface area contributed by atoms with Gasteiger partial charge in [0.15, 0.2) is 11.5 Å². The predicted octanol–water partition coefficient (Wildman–Crippen LogP) is 4.62. The number of amides is 1. The Morgan fingerprint density at radius 3 is 2.55 bits per heavy atom. The van der Waals surface area contributed by atoms with E-state index in [1.165, 1.54) is 16.3 Å². The lowest BCUT2D eigenvalue weighted by molar-refractivity contribution is 0.102. The first-order valence-electron chi connectivity index (χ1n) is 10.5. The summed E-state index contributed by atoms with van der Waals surface area (Å²) >= 11 is 3.53. The number of halogens is 1. The number of rotatable bonds is 6. The standard InChI is InChI=1S/C24H22BrN7O/c1-16-23(25)17(2)32(27-16)15-31-12-10-21(28-31)24(33)26-22-11-13-30(29-22)14-19-8-5-7-18-6-3-4-9-20(18)19/h3-13H,14-15H2,1-2H3,(H,26,29,33). The summed E-state index contributed by atoms with van der Waals surface area (Å²) in [6.45, 7) is 4.96. The average molecular weight is 504 g/mol. The van der Waals surface area contributed by atoms with E-state index in [1.54, 1.807) is 23.0 Å². The molecule has 0 bridgehead atoms. The van der Waals surface area contributed by atoms with Crippen LogP contribution in [0.2, 0.25) is 0 Å². The molecule has 33 heavy (non-hydrogen) atoms. The van der Waals surface area contributed by atoms with E-state index < -0.39 is 0 Å². The van der Waals surface area contributed by atoms with Crippen LogP contribution in [0.25, 0.3) is 10.8 Å². The second-order valence-electron chi connectivity index (χ2n) is 7.86. The number of carbonyl (C=O) groups excluding carboxylic acids is 1. The number of aryl methyl sites for hydroxylation is 1. The highest BCUT2D eigenvalue weighted by Crippen LogP contribution is 2.21. The van der Waals surface area contributed by atoms with Crippen LogP contribution in [0.1, 0.15) is 27.4 Å². The van der Waals surface area contributed by atoms with Gasteiger partial charge in [0.05, 0.1) is 22.4 Å². The maximum atomic E-state index is 12.7.